The molecule has 0 aromatic carbocycles. The molecule has 1 rings (SSSR count). The zero-order chi connectivity index (χ0) is 17.2. The summed E-state index contributed by atoms with van der Waals surface area (Å²) in [5.74, 6) is -1.17. The second kappa shape index (κ2) is 9.05. The quantitative estimate of drug-likeness (QED) is 0.288. The van der Waals surface area contributed by atoms with Gasteiger partial charge < -0.3 is 9.64 Å². The Kier molecular flexibility index (Phi) is 7.08. The number of rotatable bonds is 8. The van der Waals surface area contributed by atoms with Crippen molar-refractivity contribution in [3.8, 4) is 0 Å². The average Bonchev–Trinajstić information content (AvgIpc) is 2.49. The van der Waals surface area contributed by atoms with Crippen LogP contribution in [0.3, 0.4) is 0 Å². The number of ether oxygens (including phenoxy) is 1. The third kappa shape index (κ3) is 6.06. The third-order valence-electron chi connectivity index (χ3n) is 2.71. The molecule has 1 N–H and O–H groups in total. The lowest BCUT2D eigenvalue weighted by atomic mass is 10.4. The van der Waals surface area contributed by atoms with Crippen molar-refractivity contribution in [3.05, 3.63) is 43.5 Å². The van der Waals surface area contributed by atoms with Crippen LogP contribution in [-0.2, 0) is 20.9 Å². The maximum Gasteiger partial charge on any atom is 0.328 e. The fourth-order valence-electron chi connectivity index (χ4n) is 1.68. The van der Waals surface area contributed by atoms with Crippen LogP contribution >= 0.6 is 0 Å². The van der Waals surface area contributed by atoms with Crippen LogP contribution in [0.2, 0.25) is 0 Å². The van der Waals surface area contributed by atoms with Crippen LogP contribution in [0.5, 0.6) is 0 Å². The van der Waals surface area contributed by atoms with Gasteiger partial charge in [-0.3, -0.25) is 23.9 Å². The second-order valence-corrected chi connectivity index (χ2v) is 4.31. The van der Waals surface area contributed by atoms with Gasteiger partial charge in [0.2, 0.25) is 5.91 Å². The molecular formula is C12H16N6O5. The van der Waals surface area contributed by atoms with E-state index in [4.69, 9.17) is 10.3 Å². The van der Waals surface area contributed by atoms with E-state index in [2.05, 4.69) is 10.0 Å². The van der Waals surface area contributed by atoms with Gasteiger partial charge in [0.05, 0.1) is 6.61 Å². The van der Waals surface area contributed by atoms with Crippen molar-refractivity contribution in [2.75, 3.05) is 26.2 Å². The minimum absolute atomic E-state index is 0.000187. The summed E-state index contributed by atoms with van der Waals surface area (Å²) in [5.41, 5.74) is 6.95. The summed E-state index contributed by atoms with van der Waals surface area (Å²) >= 11 is 0. The van der Waals surface area contributed by atoms with Gasteiger partial charge in [0.25, 0.3) is 5.56 Å². The lowest BCUT2D eigenvalue weighted by Crippen LogP contribution is -2.42. The van der Waals surface area contributed by atoms with Crippen molar-refractivity contribution in [2.45, 2.75) is 13.5 Å². The second-order valence-electron chi connectivity index (χ2n) is 4.31. The SMILES string of the molecule is CCOC(=O)CN(CCN=[N+]=[N-])C(=O)Cn1ccc(=O)[nH]c1=O. The summed E-state index contributed by atoms with van der Waals surface area (Å²) in [6, 6.07) is 1.10. The summed E-state index contributed by atoms with van der Waals surface area (Å²) in [4.78, 5) is 52.0. The number of nitrogens with zero attached hydrogens (tertiary/aromatic N) is 5. The van der Waals surface area contributed by atoms with Crippen LogP contribution in [0.4, 0.5) is 0 Å². The summed E-state index contributed by atoms with van der Waals surface area (Å²) in [5, 5.41) is 3.30. The van der Waals surface area contributed by atoms with Gasteiger partial charge in [0, 0.05) is 30.3 Å². The monoisotopic (exact) mass is 324 g/mol. The maximum atomic E-state index is 12.2. The Balaban J connectivity index is 2.84. The molecule has 1 aromatic rings. The Hall–Kier alpha value is -3.07. The first-order chi connectivity index (χ1) is 11.0. The lowest BCUT2D eigenvalue weighted by Gasteiger charge is -2.21. The summed E-state index contributed by atoms with van der Waals surface area (Å²) in [6.07, 6.45) is 1.18. The maximum absolute atomic E-state index is 12.2. The van der Waals surface area contributed by atoms with Gasteiger partial charge in [-0.15, -0.1) is 0 Å². The summed E-state index contributed by atoms with van der Waals surface area (Å²) in [7, 11) is 0. The molecule has 23 heavy (non-hydrogen) atoms. The average molecular weight is 324 g/mol. The number of azide groups is 1. The zero-order valence-electron chi connectivity index (χ0n) is 12.5. The van der Waals surface area contributed by atoms with Crippen molar-refractivity contribution < 1.29 is 14.3 Å². The molecule has 11 nitrogen and oxygen atoms in total. The fourth-order valence-corrected chi connectivity index (χ4v) is 1.68. The van der Waals surface area contributed by atoms with Crippen LogP contribution in [-0.4, -0.2) is 52.6 Å². The van der Waals surface area contributed by atoms with E-state index in [1.54, 1.807) is 6.92 Å². The number of carbonyl (C=O) groups is 2. The van der Waals surface area contributed by atoms with Crippen molar-refractivity contribution in [1.29, 1.82) is 0 Å². The van der Waals surface area contributed by atoms with Gasteiger partial charge in [0.15, 0.2) is 0 Å². The predicted molar refractivity (Wildman–Crippen MR) is 78.5 cm³/mol. The number of amides is 1. The molecule has 0 atom stereocenters. The number of nitrogens with one attached hydrogen (secondary N) is 1. The molecule has 0 radical (unpaired) electrons. The highest BCUT2D eigenvalue weighted by Crippen LogP contribution is 1.95. The van der Waals surface area contributed by atoms with Crippen LogP contribution in [0.15, 0.2) is 27.0 Å². The van der Waals surface area contributed by atoms with Crippen LogP contribution in [0.1, 0.15) is 6.92 Å². The number of esters is 1. The highest BCUT2D eigenvalue weighted by atomic mass is 16.5. The topological polar surface area (TPSA) is 150 Å². The first-order valence-electron chi connectivity index (χ1n) is 6.72. The number of hydrogen-bond acceptors (Lipinski definition) is 6. The molecule has 0 bridgehead atoms. The van der Waals surface area contributed by atoms with Crippen molar-refractivity contribution in [1.82, 2.24) is 14.5 Å². The molecule has 0 fully saturated rings. The number of aromatic nitrogens is 2. The highest BCUT2D eigenvalue weighted by molar-refractivity contribution is 5.82. The summed E-state index contributed by atoms with van der Waals surface area (Å²) < 4.78 is 5.76. The molecule has 0 aliphatic heterocycles. The normalized spacial score (nSPS) is 9.78. The largest absolute Gasteiger partial charge is 0.465 e. The minimum atomic E-state index is -0.739. The molecule has 0 saturated carbocycles. The molecular weight excluding hydrogens is 308 g/mol. The first kappa shape index (κ1) is 18.0. The van der Waals surface area contributed by atoms with Gasteiger partial charge in [-0.05, 0) is 12.5 Å². The van der Waals surface area contributed by atoms with Gasteiger partial charge in [-0.1, -0.05) is 5.11 Å². The van der Waals surface area contributed by atoms with E-state index < -0.39 is 23.1 Å². The molecule has 0 spiro atoms. The molecule has 1 amide bonds. The Morgan fingerprint density at radius 3 is 2.83 bits per heavy atom. The molecule has 11 heteroatoms. The number of carbonyl (C=O) groups excluding carboxylic acids is 2. The minimum Gasteiger partial charge on any atom is -0.465 e. The van der Waals surface area contributed by atoms with Gasteiger partial charge in [-0.2, -0.15) is 0 Å². The molecule has 124 valence electrons. The molecule has 1 heterocycles. The third-order valence-corrected chi connectivity index (χ3v) is 2.71. The molecule has 0 aliphatic carbocycles. The Labute approximate surface area is 130 Å². The number of hydrogen-bond donors (Lipinski definition) is 1. The smallest absolute Gasteiger partial charge is 0.328 e. The van der Waals surface area contributed by atoms with Gasteiger partial charge in [0.1, 0.15) is 13.1 Å². The van der Waals surface area contributed by atoms with Gasteiger partial charge >= 0.3 is 11.7 Å². The summed E-state index contributed by atoms with van der Waals surface area (Å²) in [6.45, 7) is 1.07. The van der Waals surface area contributed by atoms with E-state index >= 15 is 0 Å². The Morgan fingerprint density at radius 2 is 2.22 bits per heavy atom. The van der Waals surface area contributed by atoms with E-state index in [0.717, 1.165) is 15.5 Å². The zero-order valence-corrected chi connectivity index (χ0v) is 12.5. The standard InChI is InChI=1S/C12H16N6O5/c1-2-23-11(21)8-17(6-4-14-16-13)10(20)7-18-5-3-9(19)15-12(18)22/h3,5H,2,4,6-8H2,1H3,(H,15,19,22). The molecule has 1 aromatic heterocycles. The highest BCUT2D eigenvalue weighted by Gasteiger charge is 2.18. The Morgan fingerprint density at radius 1 is 1.48 bits per heavy atom. The van der Waals surface area contributed by atoms with Crippen LogP contribution < -0.4 is 11.2 Å². The molecule has 0 unspecified atom stereocenters. The van der Waals surface area contributed by atoms with E-state index in [0.29, 0.717) is 0 Å². The van der Waals surface area contributed by atoms with E-state index in [1.165, 1.54) is 6.20 Å². The van der Waals surface area contributed by atoms with Crippen molar-refractivity contribution in [3.63, 3.8) is 0 Å². The molecule has 0 aliphatic rings. The number of aromatic amines is 1. The first-order valence-corrected chi connectivity index (χ1v) is 6.72. The lowest BCUT2D eigenvalue weighted by molar-refractivity contribution is -0.149. The Bertz CT molecular complexity index is 717. The van der Waals surface area contributed by atoms with E-state index in [9.17, 15) is 19.2 Å². The van der Waals surface area contributed by atoms with Crippen LogP contribution in [0, 0.1) is 0 Å². The van der Waals surface area contributed by atoms with Gasteiger partial charge in [-0.25, -0.2) is 4.79 Å². The van der Waals surface area contributed by atoms with Crippen molar-refractivity contribution in [2.24, 2.45) is 5.11 Å². The van der Waals surface area contributed by atoms with Crippen LogP contribution in [0.25, 0.3) is 10.4 Å². The predicted octanol–water partition coefficient (Wildman–Crippen LogP) is -0.761. The van der Waals surface area contributed by atoms with Crippen molar-refractivity contribution >= 4 is 11.9 Å². The van der Waals surface area contributed by atoms with E-state index in [1.807, 2.05) is 4.98 Å². The fraction of sp³-hybridized carbons (Fsp3) is 0.500. The molecule has 0 saturated heterocycles. The number of H-pyrrole nitrogens is 1. The van der Waals surface area contributed by atoms with E-state index in [-0.39, 0.29) is 32.8 Å².